The van der Waals surface area contributed by atoms with Crippen molar-refractivity contribution >= 4 is 21.9 Å². The van der Waals surface area contributed by atoms with Crippen LogP contribution >= 0.6 is 15.9 Å². The van der Waals surface area contributed by atoms with E-state index < -0.39 is 0 Å². The highest BCUT2D eigenvalue weighted by molar-refractivity contribution is 9.10. The average Bonchev–Trinajstić information content (AvgIpc) is 2.61. The van der Waals surface area contributed by atoms with Crippen molar-refractivity contribution in [2.45, 2.75) is 38.5 Å². The summed E-state index contributed by atoms with van der Waals surface area (Å²) >= 11 is 3.42. The molecule has 0 N–H and O–H groups in total. The van der Waals surface area contributed by atoms with E-state index in [1.807, 2.05) is 18.3 Å². The van der Waals surface area contributed by atoms with Crippen molar-refractivity contribution in [1.82, 2.24) is 4.98 Å². The number of aromatic nitrogens is 1. The van der Waals surface area contributed by atoms with Crippen LogP contribution in [0.15, 0.2) is 47.1 Å². The minimum Gasteiger partial charge on any atom is -0.466 e. The van der Waals surface area contributed by atoms with Crippen LogP contribution in [-0.4, -0.2) is 17.6 Å². The van der Waals surface area contributed by atoms with Crippen LogP contribution in [0.2, 0.25) is 0 Å². The molecule has 0 aliphatic heterocycles. The average molecular weight is 388 g/mol. The molecule has 0 spiro atoms. The van der Waals surface area contributed by atoms with E-state index in [9.17, 15) is 4.79 Å². The summed E-state index contributed by atoms with van der Waals surface area (Å²) in [6, 6.07) is 12.8. The molecule has 1 saturated carbocycles. The first-order chi connectivity index (χ1) is 11.6. The Morgan fingerprint density at radius 1 is 1.12 bits per heavy atom. The summed E-state index contributed by atoms with van der Waals surface area (Å²) in [6.07, 6.45) is 6.43. The van der Waals surface area contributed by atoms with Crippen LogP contribution in [0.5, 0.6) is 0 Å². The van der Waals surface area contributed by atoms with E-state index in [0.717, 1.165) is 28.6 Å². The number of esters is 1. The summed E-state index contributed by atoms with van der Waals surface area (Å²) in [5.74, 6) is 0.969. The number of halogens is 1. The molecule has 0 bridgehead atoms. The summed E-state index contributed by atoms with van der Waals surface area (Å²) < 4.78 is 6.14. The van der Waals surface area contributed by atoms with E-state index >= 15 is 0 Å². The van der Waals surface area contributed by atoms with E-state index in [1.165, 1.54) is 25.3 Å². The van der Waals surface area contributed by atoms with Crippen molar-refractivity contribution in [2.24, 2.45) is 5.92 Å². The van der Waals surface area contributed by atoms with Crippen molar-refractivity contribution < 1.29 is 9.53 Å². The van der Waals surface area contributed by atoms with E-state index in [1.54, 1.807) is 0 Å². The highest BCUT2D eigenvalue weighted by Gasteiger charge is 2.23. The summed E-state index contributed by atoms with van der Waals surface area (Å²) in [7, 11) is 0. The lowest BCUT2D eigenvalue weighted by molar-refractivity contribution is -0.142. The Labute approximate surface area is 151 Å². The fourth-order valence-corrected chi connectivity index (χ4v) is 3.60. The van der Waals surface area contributed by atoms with E-state index in [4.69, 9.17) is 4.74 Å². The SMILES string of the molecule is CC(=O)OCC1CCC(c2ccc(-c3ccc(Br)cn3)cc2)CC1. The van der Waals surface area contributed by atoms with Crippen molar-refractivity contribution in [3.63, 3.8) is 0 Å². The smallest absolute Gasteiger partial charge is 0.302 e. The number of rotatable bonds is 4. The van der Waals surface area contributed by atoms with Crippen molar-refractivity contribution in [1.29, 1.82) is 0 Å². The third-order valence-corrected chi connectivity index (χ3v) is 5.24. The highest BCUT2D eigenvalue weighted by Crippen LogP contribution is 2.36. The van der Waals surface area contributed by atoms with Gasteiger partial charge in [-0.15, -0.1) is 0 Å². The Hall–Kier alpha value is -1.68. The van der Waals surface area contributed by atoms with Crippen molar-refractivity contribution in [3.8, 4) is 11.3 Å². The van der Waals surface area contributed by atoms with Gasteiger partial charge in [-0.1, -0.05) is 24.3 Å². The third-order valence-electron chi connectivity index (χ3n) is 4.77. The summed E-state index contributed by atoms with van der Waals surface area (Å²) in [5.41, 5.74) is 3.55. The van der Waals surface area contributed by atoms with Gasteiger partial charge in [0.25, 0.3) is 0 Å². The molecule has 0 amide bonds. The van der Waals surface area contributed by atoms with Gasteiger partial charge < -0.3 is 4.74 Å². The van der Waals surface area contributed by atoms with Gasteiger partial charge in [0.1, 0.15) is 0 Å². The molecule has 1 aromatic heterocycles. The van der Waals surface area contributed by atoms with Gasteiger partial charge in [-0.25, -0.2) is 0 Å². The maximum Gasteiger partial charge on any atom is 0.302 e. The number of hydrogen-bond donors (Lipinski definition) is 0. The largest absolute Gasteiger partial charge is 0.466 e. The molecule has 1 heterocycles. The van der Waals surface area contributed by atoms with Gasteiger partial charge in [-0.2, -0.15) is 0 Å². The summed E-state index contributed by atoms with van der Waals surface area (Å²) in [6.45, 7) is 2.06. The fraction of sp³-hybridized carbons (Fsp3) is 0.400. The van der Waals surface area contributed by atoms with Crippen LogP contribution in [0.4, 0.5) is 0 Å². The van der Waals surface area contributed by atoms with E-state index in [2.05, 4.69) is 45.2 Å². The van der Waals surface area contributed by atoms with Crippen LogP contribution in [0.1, 0.15) is 44.1 Å². The number of benzene rings is 1. The predicted octanol–water partition coefficient (Wildman–Crippen LogP) is 5.35. The zero-order valence-corrected chi connectivity index (χ0v) is 15.5. The monoisotopic (exact) mass is 387 g/mol. The molecule has 24 heavy (non-hydrogen) atoms. The molecule has 3 nitrogen and oxygen atoms in total. The molecule has 1 aliphatic rings. The van der Waals surface area contributed by atoms with E-state index in [-0.39, 0.29) is 5.97 Å². The number of hydrogen-bond acceptors (Lipinski definition) is 3. The topological polar surface area (TPSA) is 39.2 Å². The third kappa shape index (κ3) is 4.44. The molecule has 1 aliphatic carbocycles. The second kappa shape index (κ2) is 7.93. The quantitative estimate of drug-likeness (QED) is 0.663. The van der Waals surface area contributed by atoms with Gasteiger partial charge in [0.15, 0.2) is 0 Å². The van der Waals surface area contributed by atoms with Gasteiger partial charge in [0.05, 0.1) is 12.3 Å². The molecule has 0 radical (unpaired) electrons. The summed E-state index contributed by atoms with van der Waals surface area (Å²) in [5, 5.41) is 0. The zero-order chi connectivity index (χ0) is 16.9. The first-order valence-corrected chi connectivity index (χ1v) is 9.26. The van der Waals surface area contributed by atoms with Gasteiger partial charge >= 0.3 is 5.97 Å². The highest BCUT2D eigenvalue weighted by atomic mass is 79.9. The van der Waals surface area contributed by atoms with Crippen molar-refractivity contribution in [2.75, 3.05) is 6.61 Å². The van der Waals surface area contributed by atoms with Gasteiger partial charge in [-0.05, 0) is 71.1 Å². The molecule has 2 aromatic rings. The maximum absolute atomic E-state index is 10.9. The zero-order valence-electron chi connectivity index (χ0n) is 13.9. The normalized spacial score (nSPS) is 20.6. The Bertz CT molecular complexity index is 674. The second-order valence-electron chi connectivity index (χ2n) is 6.50. The second-order valence-corrected chi connectivity index (χ2v) is 7.42. The van der Waals surface area contributed by atoms with Crippen LogP contribution in [-0.2, 0) is 9.53 Å². The van der Waals surface area contributed by atoms with Gasteiger partial charge in [-0.3, -0.25) is 9.78 Å². The lowest BCUT2D eigenvalue weighted by atomic mass is 9.79. The molecule has 0 saturated heterocycles. The molecular formula is C20H22BrNO2. The predicted molar refractivity (Wildman–Crippen MR) is 98.7 cm³/mol. The Morgan fingerprint density at radius 2 is 1.83 bits per heavy atom. The number of ether oxygens (including phenoxy) is 1. The molecule has 126 valence electrons. The number of nitrogens with zero attached hydrogens (tertiary/aromatic N) is 1. The summed E-state index contributed by atoms with van der Waals surface area (Å²) in [4.78, 5) is 15.4. The number of carbonyl (C=O) groups is 1. The Morgan fingerprint density at radius 3 is 2.42 bits per heavy atom. The lowest BCUT2D eigenvalue weighted by Crippen LogP contribution is -2.19. The Balaban J connectivity index is 1.58. The molecule has 1 fully saturated rings. The molecule has 4 heteroatoms. The number of pyridine rings is 1. The van der Waals surface area contributed by atoms with Crippen molar-refractivity contribution in [3.05, 3.63) is 52.6 Å². The maximum atomic E-state index is 10.9. The minimum absolute atomic E-state index is 0.172. The Kier molecular flexibility index (Phi) is 5.67. The van der Waals surface area contributed by atoms with Crippen LogP contribution in [0.3, 0.4) is 0 Å². The van der Waals surface area contributed by atoms with Gasteiger partial charge in [0, 0.05) is 23.2 Å². The molecule has 0 unspecified atom stereocenters. The first-order valence-electron chi connectivity index (χ1n) is 8.47. The van der Waals surface area contributed by atoms with Crippen LogP contribution in [0, 0.1) is 5.92 Å². The molecule has 1 aromatic carbocycles. The van der Waals surface area contributed by atoms with Gasteiger partial charge in [0.2, 0.25) is 0 Å². The van der Waals surface area contributed by atoms with E-state index in [0.29, 0.717) is 18.4 Å². The van der Waals surface area contributed by atoms with Crippen LogP contribution < -0.4 is 0 Å². The molecule has 0 atom stereocenters. The number of carbonyl (C=O) groups excluding carboxylic acids is 1. The minimum atomic E-state index is -0.172. The fourth-order valence-electron chi connectivity index (χ4n) is 3.37. The standard InChI is InChI=1S/C20H22BrNO2/c1-14(23)24-13-15-2-4-16(5-3-15)17-6-8-18(9-7-17)20-11-10-19(21)12-22-20/h6-12,15-16H,2-5,13H2,1H3. The molecule has 3 rings (SSSR count). The first kappa shape index (κ1) is 17.2. The lowest BCUT2D eigenvalue weighted by Gasteiger charge is -2.28. The van der Waals surface area contributed by atoms with Crippen LogP contribution in [0.25, 0.3) is 11.3 Å². The molecular weight excluding hydrogens is 366 g/mol.